The van der Waals surface area contributed by atoms with Gasteiger partial charge in [0.1, 0.15) is 6.07 Å². The van der Waals surface area contributed by atoms with Crippen molar-refractivity contribution >= 4 is 17.7 Å². The van der Waals surface area contributed by atoms with Gasteiger partial charge in [0.15, 0.2) is 0 Å². The lowest BCUT2D eigenvalue weighted by Crippen LogP contribution is -2.36. The number of nitrogens with one attached hydrogen (secondary N) is 2. The summed E-state index contributed by atoms with van der Waals surface area (Å²) in [6.07, 6.45) is 1.68. The fourth-order valence-corrected chi connectivity index (χ4v) is 2.37. The first-order valence-electron chi connectivity index (χ1n) is 6.39. The summed E-state index contributed by atoms with van der Waals surface area (Å²) in [6, 6.07) is 8.16. The highest BCUT2D eigenvalue weighted by molar-refractivity contribution is 5.91. The van der Waals surface area contributed by atoms with E-state index in [4.69, 9.17) is 10.4 Å². The van der Waals surface area contributed by atoms with Crippen LogP contribution in [0.1, 0.15) is 24.8 Å². The van der Waals surface area contributed by atoms with E-state index in [0.717, 1.165) is 0 Å². The predicted octanol–water partition coefficient (Wildman–Crippen LogP) is 1.93. The van der Waals surface area contributed by atoms with Crippen LogP contribution < -0.4 is 10.6 Å². The van der Waals surface area contributed by atoms with Gasteiger partial charge in [-0.2, -0.15) is 5.26 Å². The molecule has 1 fully saturated rings. The monoisotopic (exact) mass is 273 g/mol. The lowest BCUT2D eigenvalue weighted by atomic mass is 10.1. The van der Waals surface area contributed by atoms with Gasteiger partial charge in [0, 0.05) is 6.04 Å². The Morgan fingerprint density at radius 2 is 2.05 bits per heavy atom. The van der Waals surface area contributed by atoms with Crippen LogP contribution in [0.4, 0.5) is 10.5 Å². The van der Waals surface area contributed by atoms with Crippen LogP contribution in [-0.2, 0) is 4.79 Å². The van der Waals surface area contributed by atoms with Crippen molar-refractivity contribution in [1.29, 1.82) is 5.26 Å². The number of para-hydroxylation sites is 1. The molecule has 0 aromatic heterocycles. The highest BCUT2D eigenvalue weighted by Crippen LogP contribution is 2.25. The molecule has 0 heterocycles. The van der Waals surface area contributed by atoms with Gasteiger partial charge in [-0.3, -0.25) is 4.79 Å². The molecule has 104 valence electrons. The van der Waals surface area contributed by atoms with Gasteiger partial charge >= 0.3 is 12.0 Å². The number of aliphatic carboxylic acids is 1. The van der Waals surface area contributed by atoms with Gasteiger partial charge in [0.2, 0.25) is 0 Å². The molecule has 2 rings (SSSR count). The van der Waals surface area contributed by atoms with Crippen molar-refractivity contribution in [3.05, 3.63) is 29.8 Å². The lowest BCUT2D eigenvalue weighted by molar-refractivity contribution is -0.141. The third kappa shape index (κ3) is 3.26. The minimum atomic E-state index is -0.815. The highest BCUT2D eigenvalue weighted by atomic mass is 16.4. The van der Waals surface area contributed by atoms with E-state index < -0.39 is 12.0 Å². The summed E-state index contributed by atoms with van der Waals surface area (Å²) >= 11 is 0. The van der Waals surface area contributed by atoms with E-state index in [1.54, 1.807) is 24.3 Å². The fourth-order valence-electron chi connectivity index (χ4n) is 2.37. The summed E-state index contributed by atoms with van der Waals surface area (Å²) in [4.78, 5) is 22.7. The molecule has 0 unspecified atom stereocenters. The Kier molecular flexibility index (Phi) is 4.20. The van der Waals surface area contributed by atoms with E-state index >= 15 is 0 Å². The van der Waals surface area contributed by atoms with E-state index in [-0.39, 0.29) is 12.0 Å². The molecule has 3 N–H and O–H groups in total. The average molecular weight is 273 g/mol. The summed E-state index contributed by atoms with van der Waals surface area (Å²) in [7, 11) is 0. The summed E-state index contributed by atoms with van der Waals surface area (Å²) in [5.41, 5.74) is 0.831. The Labute approximate surface area is 116 Å². The molecule has 20 heavy (non-hydrogen) atoms. The maximum absolute atomic E-state index is 11.8. The number of nitrogens with zero attached hydrogens (tertiary/aromatic N) is 1. The van der Waals surface area contributed by atoms with Crippen molar-refractivity contribution in [2.24, 2.45) is 5.92 Å². The first-order chi connectivity index (χ1) is 9.60. The molecule has 0 saturated heterocycles. The molecule has 1 saturated carbocycles. The van der Waals surface area contributed by atoms with Crippen molar-refractivity contribution in [3.63, 3.8) is 0 Å². The van der Waals surface area contributed by atoms with E-state index in [1.165, 1.54) is 0 Å². The third-order valence-electron chi connectivity index (χ3n) is 3.41. The van der Waals surface area contributed by atoms with Gasteiger partial charge in [-0.05, 0) is 31.4 Å². The second-order valence-electron chi connectivity index (χ2n) is 4.80. The van der Waals surface area contributed by atoms with E-state index in [1.807, 2.05) is 6.07 Å². The summed E-state index contributed by atoms with van der Waals surface area (Å²) in [5.74, 6) is -1.20. The first-order valence-corrected chi connectivity index (χ1v) is 6.39. The zero-order chi connectivity index (χ0) is 14.5. The number of carbonyl (C=O) groups excluding carboxylic acids is 1. The van der Waals surface area contributed by atoms with Gasteiger partial charge in [-0.15, -0.1) is 0 Å². The number of carbonyl (C=O) groups is 2. The summed E-state index contributed by atoms with van der Waals surface area (Å²) < 4.78 is 0. The molecule has 1 aliphatic carbocycles. The molecule has 2 atom stereocenters. The molecule has 1 aromatic rings. The van der Waals surface area contributed by atoms with Crippen molar-refractivity contribution in [2.75, 3.05) is 5.32 Å². The molecular weight excluding hydrogens is 258 g/mol. The molecule has 2 amide bonds. The first kappa shape index (κ1) is 13.9. The molecule has 6 nitrogen and oxygen atoms in total. The van der Waals surface area contributed by atoms with E-state index in [0.29, 0.717) is 30.5 Å². The van der Waals surface area contributed by atoms with Crippen LogP contribution in [-0.4, -0.2) is 23.1 Å². The van der Waals surface area contributed by atoms with Crippen LogP contribution in [0.3, 0.4) is 0 Å². The molecule has 0 bridgehead atoms. The van der Waals surface area contributed by atoms with Crippen LogP contribution in [0.2, 0.25) is 0 Å². The van der Waals surface area contributed by atoms with Crippen molar-refractivity contribution in [3.8, 4) is 6.07 Å². The minimum absolute atomic E-state index is 0.134. The third-order valence-corrected chi connectivity index (χ3v) is 3.41. The molecule has 0 radical (unpaired) electrons. The predicted molar refractivity (Wildman–Crippen MR) is 72.1 cm³/mol. The molecule has 1 aromatic carbocycles. The van der Waals surface area contributed by atoms with Crippen molar-refractivity contribution in [2.45, 2.75) is 25.3 Å². The van der Waals surface area contributed by atoms with Gasteiger partial charge in [0.05, 0.1) is 17.2 Å². The normalized spacial score (nSPS) is 20.9. The lowest BCUT2D eigenvalue weighted by Gasteiger charge is -2.14. The quantitative estimate of drug-likeness (QED) is 0.783. The topological polar surface area (TPSA) is 102 Å². The smallest absolute Gasteiger partial charge is 0.319 e. The van der Waals surface area contributed by atoms with Crippen molar-refractivity contribution in [1.82, 2.24) is 5.32 Å². The number of rotatable bonds is 3. The minimum Gasteiger partial charge on any atom is -0.481 e. The fraction of sp³-hybridized carbons (Fsp3) is 0.357. The number of anilines is 1. The second kappa shape index (κ2) is 6.06. The zero-order valence-electron chi connectivity index (χ0n) is 10.8. The Bertz CT molecular complexity index is 565. The van der Waals surface area contributed by atoms with Gasteiger partial charge in [-0.1, -0.05) is 12.1 Å². The molecule has 6 heteroatoms. The number of carboxylic acids is 1. The van der Waals surface area contributed by atoms with E-state index in [9.17, 15) is 9.59 Å². The Morgan fingerprint density at radius 3 is 2.70 bits per heavy atom. The zero-order valence-corrected chi connectivity index (χ0v) is 10.8. The molecule has 0 spiro atoms. The number of hydrogen-bond donors (Lipinski definition) is 3. The molecule has 0 aliphatic heterocycles. The highest BCUT2D eigenvalue weighted by Gasteiger charge is 2.30. The van der Waals surface area contributed by atoms with Crippen LogP contribution >= 0.6 is 0 Å². The number of hydrogen-bond acceptors (Lipinski definition) is 3. The van der Waals surface area contributed by atoms with Gasteiger partial charge < -0.3 is 15.7 Å². The maximum atomic E-state index is 11.8. The van der Waals surface area contributed by atoms with Gasteiger partial charge in [0.25, 0.3) is 0 Å². The SMILES string of the molecule is N#Cc1ccccc1NC(=O)N[C@H]1CC[C@@H](C(=O)O)C1. The maximum Gasteiger partial charge on any atom is 0.319 e. The Hall–Kier alpha value is -2.55. The van der Waals surface area contributed by atoms with E-state index in [2.05, 4.69) is 10.6 Å². The molecule has 1 aliphatic rings. The van der Waals surface area contributed by atoms with Crippen LogP contribution in [0, 0.1) is 17.2 Å². The Morgan fingerprint density at radius 1 is 1.30 bits per heavy atom. The van der Waals surface area contributed by atoms with Crippen molar-refractivity contribution < 1.29 is 14.7 Å². The standard InChI is InChI=1S/C14H15N3O3/c15-8-10-3-1-2-4-12(10)17-14(20)16-11-6-5-9(7-11)13(18)19/h1-4,9,11H,5-7H2,(H,18,19)(H2,16,17,20)/t9-,11+/m1/s1. The van der Waals surface area contributed by atoms with Crippen LogP contribution in [0.5, 0.6) is 0 Å². The Balaban J connectivity index is 1.91. The molecular formula is C14H15N3O3. The average Bonchev–Trinajstić information content (AvgIpc) is 2.88. The summed E-state index contributed by atoms with van der Waals surface area (Å²) in [6.45, 7) is 0. The number of urea groups is 1. The number of carboxylic acid groups (broad SMARTS) is 1. The summed E-state index contributed by atoms with van der Waals surface area (Å²) in [5, 5.41) is 23.2. The largest absolute Gasteiger partial charge is 0.481 e. The number of benzene rings is 1. The number of amides is 2. The van der Waals surface area contributed by atoms with Crippen LogP contribution in [0.25, 0.3) is 0 Å². The van der Waals surface area contributed by atoms with Crippen LogP contribution in [0.15, 0.2) is 24.3 Å². The van der Waals surface area contributed by atoms with Gasteiger partial charge in [-0.25, -0.2) is 4.79 Å². The number of nitriles is 1. The second-order valence-corrected chi connectivity index (χ2v) is 4.80.